The number of nitrogens with one attached hydrogen (secondary N) is 1. The number of hydrogen-bond acceptors (Lipinski definition) is 4. The van der Waals surface area contributed by atoms with Crippen molar-refractivity contribution in [1.82, 2.24) is 14.9 Å². The van der Waals surface area contributed by atoms with Crippen LogP contribution in [-0.2, 0) is 23.0 Å². The molecule has 0 atom stereocenters. The van der Waals surface area contributed by atoms with Crippen LogP contribution in [-0.4, -0.2) is 40.8 Å². The van der Waals surface area contributed by atoms with E-state index in [-0.39, 0.29) is 11.7 Å². The molecule has 0 radical (unpaired) electrons. The van der Waals surface area contributed by atoms with E-state index in [0.29, 0.717) is 44.5 Å². The lowest BCUT2D eigenvalue weighted by Gasteiger charge is -2.31. The third-order valence-corrected chi connectivity index (χ3v) is 4.43. The lowest BCUT2D eigenvalue weighted by Crippen LogP contribution is -2.57. The summed E-state index contributed by atoms with van der Waals surface area (Å²) in [6, 6.07) is 4.88. The van der Waals surface area contributed by atoms with E-state index in [4.69, 9.17) is 10.5 Å². The molecule has 1 aliphatic heterocycles. The minimum absolute atomic E-state index is 0.161. The molecule has 3 N–H and O–H groups in total. The molecule has 1 aromatic carbocycles. The number of nitrogens with zero attached hydrogens (tertiary/aromatic N) is 2. The monoisotopic (exact) mass is 320 g/mol. The first-order chi connectivity index (χ1) is 11.0. The molecule has 1 aromatic heterocycles. The maximum absolute atomic E-state index is 13.7. The first-order valence-corrected chi connectivity index (χ1v) is 7.76. The molecule has 1 amide bonds. The Morgan fingerprint density at radius 2 is 2.22 bits per heavy atom. The summed E-state index contributed by atoms with van der Waals surface area (Å²) in [4.78, 5) is 16.6. The second-order valence-corrected chi connectivity index (χ2v) is 5.97. The van der Waals surface area contributed by atoms with Crippen molar-refractivity contribution < 1.29 is 13.9 Å². The molecule has 7 heteroatoms. The summed E-state index contributed by atoms with van der Waals surface area (Å²) in [5.41, 5.74) is 6.38. The number of benzene rings is 1. The van der Waals surface area contributed by atoms with Gasteiger partial charge in [-0.3, -0.25) is 4.79 Å². The first kappa shape index (κ1) is 15.9. The van der Waals surface area contributed by atoms with Crippen molar-refractivity contribution in [2.75, 3.05) is 19.8 Å². The Morgan fingerprint density at radius 3 is 2.91 bits per heavy atom. The van der Waals surface area contributed by atoms with Crippen LogP contribution in [0.1, 0.15) is 18.7 Å². The molecule has 0 saturated carbocycles. The smallest absolute Gasteiger partial charge is 0.240 e. The number of amides is 1. The molecule has 0 spiro atoms. The summed E-state index contributed by atoms with van der Waals surface area (Å²) < 4.78 is 20.8. The highest BCUT2D eigenvalue weighted by Crippen LogP contribution is 2.19. The van der Waals surface area contributed by atoms with Gasteiger partial charge in [-0.05, 0) is 25.0 Å². The number of carbonyl (C=O) groups excluding carboxylic acids is 1. The van der Waals surface area contributed by atoms with E-state index in [9.17, 15) is 9.18 Å². The predicted octanol–water partition coefficient (Wildman–Crippen LogP) is 0.879. The summed E-state index contributed by atoms with van der Waals surface area (Å²) >= 11 is 0. The standard InChI is InChI=1S/C16H21FN4O2/c1-21-12-4-2-3-11(17)14(12)20-13(21)5-8-19-15(22)16(18)6-9-23-10-7-16/h2-4H,5-10,18H2,1H3,(H,19,22). The van der Waals surface area contributed by atoms with Gasteiger partial charge in [-0.2, -0.15) is 0 Å². The van der Waals surface area contributed by atoms with Crippen molar-refractivity contribution in [2.24, 2.45) is 12.8 Å². The van der Waals surface area contributed by atoms with Gasteiger partial charge < -0.3 is 20.4 Å². The number of hydrogen-bond donors (Lipinski definition) is 2. The molecule has 23 heavy (non-hydrogen) atoms. The molecular weight excluding hydrogens is 299 g/mol. The van der Waals surface area contributed by atoms with Crippen molar-refractivity contribution >= 4 is 16.9 Å². The van der Waals surface area contributed by atoms with Crippen LogP contribution in [0, 0.1) is 5.82 Å². The molecule has 2 aromatic rings. The van der Waals surface area contributed by atoms with Crippen molar-refractivity contribution in [3.8, 4) is 0 Å². The molecular formula is C16H21FN4O2. The van der Waals surface area contributed by atoms with Crippen LogP contribution in [0.4, 0.5) is 4.39 Å². The van der Waals surface area contributed by atoms with Gasteiger partial charge in [0.25, 0.3) is 0 Å². The lowest BCUT2D eigenvalue weighted by molar-refractivity contribution is -0.129. The molecule has 1 aliphatic rings. The van der Waals surface area contributed by atoms with E-state index in [2.05, 4.69) is 10.3 Å². The van der Waals surface area contributed by atoms with Crippen LogP contribution >= 0.6 is 0 Å². The minimum atomic E-state index is -0.850. The zero-order valence-electron chi connectivity index (χ0n) is 13.1. The van der Waals surface area contributed by atoms with E-state index in [1.807, 2.05) is 17.7 Å². The summed E-state index contributed by atoms with van der Waals surface area (Å²) in [5.74, 6) is 0.227. The third kappa shape index (κ3) is 3.07. The van der Waals surface area contributed by atoms with Gasteiger partial charge in [0, 0.05) is 33.2 Å². The molecule has 0 aliphatic carbocycles. The summed E-state index contributed by atoms with van der Waals surface area (Å²) in [6.07, 6.45) is 1.57. The Labute approximate surface area is 133 Å². The Morgan fingerprint density at radius 1 is 1.48 bits per heavy atom. The first-order valence-electron chi connectivity index (χ1n) is 7.76. The highest BCUT2D eigenvalue weighted by atomic mass is 19.1. The van der Waals surface area contributed by atoms with Gasteiger partial charge in [-0.1, -0.05) is 6.07 Å². The average molecular weight is 320 g/mol. The van der Waals surface area contributed by atoms with Gasteiger partial charge in [0.05, 0.1) is 11.1 Å². The van der Waals surface area contributed by atoms with Crippen LogP contribution in [0.2, 0.25) is 0 Å². The van der Waals surface area contributed by atoms with Crippen LogP contribution in [0.25, 0.3) is 11.0 Å². The molecule has 1 fully saturated rings. The molecule has 124 valence electrons. The molecule has 2 heterocycles. The van der Waals surface area contributed by atoms with Crippen LogP contribution < -0.4 is 11.1 Å². The fourth-order valence-corrected chi connectivity index (χ4v) is 2.88. The highest BCUT2D eigenvalue weighted by Gasteiger charge is 2.35. The lowest BCUT2D eigenvalue weighted by atomic mass is 9.90. The Kier molecular flexibility index (Phi) is 4.32. The molecule has 1 saturated heterocycles. The van der Waals surface area contributed by atoms with Crippen LogP contribution in [0.3, 0.4) is 0 Å². The minimum Gasteiger partial charge on any atom is -0.381 e. The maximum Gasteiger partial charge on any atom is 0.240 e. The number of carbonyl (C=O) groups is 1. The van der Waals surface area contributed by atoms with Crippen molar-refractivity contribution in [3.63, 3.8) is 0 Å². The number of imidazole rings is 1. The van der Waals surface area contributed by atoms with Crippen molar-refractivity contribution in [1.29, 1.82) is 0 Å². The molecule has 3 rings (SSSR count). The van der Waals surface area contributed by atoms with Crippen molar-refractivity contribution in [3.05, 3.63) is 29.8 Å². The number of aromatic nitrogens is 2. The second kappa shape index (κ2) is 6.25. The number of halogens is 1. The normalized spacial score (nSPS) is 17.3. The molecule has 0 unspecified atom stereocenters. The zero-order chi connectivity index (χ0) is 16.4. The fraction of sp³-hybridized carbons (Fsp3) is 0.500. The van der Waals surface area contributed by atoms with E-state index in [1.54, 1.807) is 6.07 Å². The number of ether oxygens (including phenoxy) is 1. The summed E-state index contributed by atoms with van der Waals surface area (Å²) in [7, 11) is 1.84. The largest absolute Gasteiger partial charge is 0.381 e. The molecule has 0 bridgehead atoms. The van der Waals surface area contributed by atoms with Gasteiger partial charge >= 0.3 is 0 Å². The topological polar surface area (TPSA) is 82.2 Å². The highest BCUT2D eigenvalue weighted by molar-refractivity contribution is 5.86. The predicted molar refractivity (Wildman–Crippen MR) is 84.4 cm³/mol. The fourth-order valence-electron chi connectivity index (χ4n) is 2.88. The van der Waals surface area contributed by atoms with Gasteiger partial charge in [0.2, 0.25) is 5.91 Å². The Bertz CT molecular complexity index is 722. The number of para-hydroxylation sites is 1. The summed E-state index contributed by atoms with van der Waals surface area (Å²) in [6.45, 7) is 1.43. The Hall–Kier alpha value is -1.99. The van der Waals surface area contributed by atoms with E-state index in [0.717, 1.165) is 11.3 Å². The van der Waals surface area contributed by atoms with E-state index in [1.165, 1.54) is 6.07 Å². The van der Waals surface area contributed by atoms with Crippen molar-refractivity contribution in [2.45, 2.75) is 24.8 Å². The van der Waals surface area contributed by atoms with E-state index >= 15 is 0 Å². The second-order valence-electron chi connectivity index (χ2n) is 5.97. The zero-order valence-corrected chi connectivity index (χ0v) is 13.1. The van der Waals surface area contributed by atoms with Gasteiger partial charge in [-0.15, -0.1) is 0 Å². The number of aryl methyl sites for hydroxylation is 1. The van der Waals surface area contributed by atoms with Crippen LogP contribution in [0.15, 0.2) is 18.2 Å². The average Bonchev–Trinajstić information content (AvgIpc) is 2.86. The Balaban J connectivity index is 1.64. The van der Waals surface area contributed by atoms with E-state index < -0.39 is 5.54 Å². The third-order valence-electron chi connectivity index (χ3n) is 4.43. The van der Waals surface area contributed by atoms with Gasteiger partial charge in [0.1, 0.15) is 11.3 Å². The van der Waals surface area contributed by atoms with Crippen LogP contribution in [0.5, 0.6) is 0 Å². The number of nitrogens with two attached hydrogens (primary N) is 1. The van der Waals surface area contributed by atoms with Gasteiger partial charge in [0.15, 0.2) is 5.82 Å². The maximum atomic E-state index is 13.7. The molecule has 6 nitrogen and oxygen atoms in total. The number of fused-ring (bicyclic) bond motifs is 1. The quantitative estimate of drug-likeness (QED) is 0.876. The number of rotatable bonds is 4. The van der Waals surface area contributed by atoms with Gasteiger partial charge in [-0.25, -0.2) is 9.37 Å². The summed E-state index contributed by atoms with van der Waals surface area (Å²) in [5, 5.41) is 2.86. The SMILES string of the molecule is Cn1c(CCNC(=O)C2(N)CCOCC2)nc2c(F)cccc21.